The van der Waals surface area contributed by atoms with Crippen LogP contribution < -0.4 is 10.1 Å². The van der Waals surface area contributed by atoms with Gasteiger partial charge in [-0.15, -0.1) is 0 Å². The van der Waals surface area contributed by atoms with Gasteiger partial charge in [-0.2, -0.15) is 0 Å². The molecule has 0 spiro atoms. The molecule has 1 aromatic carbocycles. The average molecular weight is 199 g/mol. The molecule has 0 aliphatic carbocycles. The number of nitrogens with one attached hydrogen (secondary N) is 1. The largest absolute Gasteiger partial charge is 0.489 e. The molecule has 1 aliphatic rings. The number of ether oxygens (including phenoxy) is 1. The summed E-state index contributed by atoms with van der Waals surface area (Å²) in [5.74, 6) is -0.951. The molecule has 0 saturated carbocycles. The molecule has 1 fully saturated rings. The van der Waals surface area contributed by atoms with Crippen LogP contribution in [0.15, 0.2) is 18.2 Å². The minimum Gasteiger partial charge on any atom is -0.489 e. The molecule has 1 aromatic rings. The molecule has 2 nitrogen and oxygen atoms in total. The molecule has 76 valence electrons. The van der Waals surface area contributed by atoms with Crippen molar-refractivity contribution in [3.05, 3.63) is 29.8 Å². The Hall–Kier alpha value is -1.16. The van der Waals surface area contributed by atoms with E-state index in [0.717, 1.165) is 25.6 Å². The number of halogens is 2. The Balaban J connectivity index is 2.07. The second-order valence-corrected chi connectivity index (χ2v) is 3.34. The fraction of sp³-hybridized carbons (Fsp3) is 0.400. The first-order chi connectivity index (χ1) is 6.74. The lowest BCUT2D eigenvalue weighted by molar-refractivity contribution is 0.221. The molecule has 1 N–H and O–H groups in total. The Kier molecular flexibility index (Phi) is 2.63. The lowest BCUT2D eigenvalue weighted by atomic mass is 10.3. The maximum Gasteiger partial charge on any atom is 0.129 e. The third kappa shape index (κ3) is 2.20. The van der Waals surface area contributed by atoms with Gasteiger partial charge < -0.3 is 10.1 Å². The summed E-state index contributed by atoms with van der Waals surface area (Å²) in [4.78, 5) is 0. The van der Waals surface area contributed by atoms with Crippen LogP contribution in [-0.4, -0.2) is 19.2 Å². The van der Waals surface area contributed by atoms with Crippen molar-refractivity contribution in [2.75, 3.05) is 13.1 Å². The van der Waals surface area contributed by atoms with Crippen molar-refractivity contribution >= 4 is 0 Å². The van der Waals surface area contributed by atoms with Gasteiger partial charge in [-0.05, 0) is 13.0 Å². The van der Waals surface area contributed by atoms with E-state index in [1.54, 1.807) is 0 Å². The van der Waals surface area contributed by atoms with Crippen LogP contribution in [0, 0.1) is 11.6 Å². The molecule has 1 unspecified atom stereocenters. The lowest BCUT2D eigenvalue weighted by Gasteiger charge is -2.12. The fourth-order valence-electron chi connectivity index (χ4n) is 1.52. The average Bonchev–Trinajstić information content (AvgIpc) is 2.54. The molecule has 1 saturated heterocycles. The molecule has 0 aromatic heterocycles. The van der Waals surface area contributed by atoms with Crippen LogP contribution >= 0.6 is 0 Å². The van der Waals surface area contributed by atoms with E-state index in [1.165, 1.54) is 12.1 Å². The zero-order valence-corrected chi connectivity index (χ0v) is 7.59. The van der Waals surface area contributed by atoms with Gasteiger partial charge in [-0.1, -0.05) is 0 Å². The van der Waals surface area contributed by atoms with Gasteiger partial charge in [0.2, 0.25) is 0 Å². The first kappa shape index (κ1) is 9.40. The van der Waals surface area contributed by atoms with Crippen LogP contribution in [0.25, 0.3) is 0 Å². The van der Waals surface area contributed by atoms with Crippen LogP contribution in [0.4, 0.5) is 8.78 Å². The maximum atomic E-state index is 12.8. The van der Waals surface area contributed by atoms with Crippen molar-refractivity contribution in [1.82, 2.24) is 5.32 Å². The highest BCUT2D eigenvalue weighted by Crippen LogP contribution is 2.18. The second kappa shape index (κ2) is 3.92. The van der Waals surface area contributed by atoms with Crippen molar-refractivity contribution < 1.29 is 13.5 Å². The smallest absolute Gasteiger partial charge is 0.129 e. The van der Waals surface area contributed by atoms with Gasteiger partial charge >= 0.3 is 0 Å². The SMILES string of the molecule is Fc1cc(F)cc(OC2CCNC2)c1. The van der Waals surface area contributed by atoms with E-state index in [2.05, 4.69) is 5.32 Å². The van der Waals surface area contributed by atoms with E-state index in [0.29, 0.717) is 0 Å². The van der Waals surface area contributed by atoms with Crippen molar-refractivity contribution in [3.63, 3.8) is 0 Å². The van der Waals surface area contributed by atoms with E-state index >= 15 is 0 Å². The Labute approximate surface area is 80.9 Å². The van der Waals surface area contributed by atoms with Gasteiger partial charge in [0, 0.05) is 24.7 Å². The lowest BCUT2D eigenvalue weighted by Crippen LogP contribution is -2.19. The Morgan fingerprint density at radius 2 is 1.93 bits per heavy atom. The first-order valence-corrected chi connectivity index (χ1v) is 4.57. The quantitative estimate of drug-likeness (QED) is 0.782. The van der Waals surface area contributed by atoms with Crippen molar-refractivity contribution in [1.29, 1.82) is 0 Å². The Bertz CT molecular complexity index is 304. The van der Waals surface area contributed by atoms with Gasteiger partial charge in [0.05, 0.1) is 0 Å². The fourth-order valence-corrected chi connectivity index (χ4v) is 1.52. The molecule has 1 aliphatic heterocycles. The van der Waals surface area contributed by atoms with Gasteiger partial charge in [0.1, 0.15) is 23.5 Å². The van der Waals surface area contributed by atoms with Gasteiger partial charge in [-0.3, -0.25) is 0 Å². The molecule has 4 heteroatoms. The normalized spacial score (nSPS) is 21.1. The first-order valence-electron chi connectivity index (χ1n) is 4.57. The number of hydrogen-bond acceptors (Lipinski definition) is 2. The topological polar surface area (TPSA) is 21.3 Å². The van der Waals surface area contributed by atoms with Crippen LogP contribution in [0.1, 0.15) is 6.42 Å². The monoisotopic (exact) mass is 199 g/mol. The van der Waals surface area contributed by atoms with E-state index in [4.69, 9.17) is 4.74 Å². The van der Waals surface area contributed by atoms with Crippen molar-refractivity contribution in [2.45, 2.75) is 12.5 Å². The molecule has 14 heavy (non-hydrogen) atoms. The van der Waals surface area contributed by atoms with Gasteiger partial charge in [0.15, 0.2) is 0 Å². The van der Waals surface area contributed by atoms with Crippen LogP contribution in [0.5, 0.6) is 5.75 Å². The zero-order valence-electron chi connectivity index (χ0n) is 7.59. The van der Waals surface area contributed by atoms with Crippen molar-refractivity contribution in [2.24, 2.45) is 0 Å². The van der Waals surface area contributed by atoms with Gasteiger partial charge in [-0.25, -0.2) is 8.78 Å². The van der Waals surface area contributed by atoms with Crippen molar-refractivity contribution in [3.8, 4) is 5.75 Å². The van der Waals surface area contributed by atoms with E-state index in [9.17, 15) is 8.78 Å². The molecule has 0 bridgehead atoms. The molecular formula is C10H11F2NO. The molecule has 0 amide bonds. The maximum absolute atomic E-state index is 12.8. The summed E-state index contributed by atoms with van der Waals surface area (Å²) >= 11 is 0. The molecule has 2 rings (SSSR count). The Morgan fingerprint density at radius 1 is 1.21 bits per heavy atom. The van der Waals surface area contributed by atoms with Crippen LogP contribution in [0.3, 0.4) is 0 Å². The summed E-state index contributed by atoms with van der Waals surface area (Å²) in [7, 11) is 0. The highest BCUT2D eigenvalue weighted by atomic mass is 19.1. The predicted octanol–water partition coefficient (Wildman–Crippen LogP) is 1.71. The number of rotatable bonds is 2. The summed E-state index contributed by atoms with van der Waals surface area (Å²) in [5, 5.41) is 3.11. The molecule has 0 radical (unpaired) electrons. The van der Waals surface area contributed by atoms with Gasteiger partial charge in [0.25, 0.3) is 0 Å². The highest BCUT2D eigenvalue weighted by Gasteiger charge is 2.16. The number of hydrogen-bond donors (Lipinski definition) is 1. The molecule has 1 heterocycles. The Morgan fingerprint density at radius 3 is 2.50 bits per heavy atom. The summed E-state index contributed by atoms with van der Waals surface area (Å²) in [6, 6.07) is 3.22. The molecular weight excluding hydrogens is 188 g/mol. The van der Waals surface area contributed by atoms with E-state index in [-0.39, 0.29) is 11.9 Å². The minimum absolute atomic E-state index is 0.0243. The summed E-state index contributed by atoms with van der Waals surface area (Å²) in [6.07, 6.45) is 0.897. The van der Waals surface area contributed by atoms with E-state index < -0.39 is 11.6 Å². The molecule has 1 atom stereocenters. The second-order valence-electron chi connectivity index (χ2n) is 3.34. The van der Waals surface area contributed by atoms with E-state index in [1.807, 2.05) is 0 Å². The highest BCUT2D eigenvalue weighted by molar-refractivity contribution is 5.24. The summed E-state index contributed by atoms with van der Waals surface area (Å²) < 4.78 is 30.9. The van der Waals surface area contributed by atoms with Crippen LogP contribution in [0.2, 0.25) is 0 Å². The third-order valence-corrected chi connectivity index (χ3v) is 2.15. The standard InChI is InChI=1S/C10H11F2NO/c11-7-3-8(12)5-10(4-7)14-9-1-2-13-6-9/h3-5,9,13H,1-2,6H2. The minimum atomic E-state index is -0.606. The summed E-state index contributed by atoms with van der Waals surface area (Å²) in [6.45, 7) is 1.63. The zero-order chi connectivity index (χ0) is 9.97. The predicted molar refractivity (Wildman–Crippen MR) is 48.3 cm³/mol. The van der Waals surface area contributed by atoms with Crippen LogP contribution in [-0.2, 0) is 0 Å². The number of benzene rings is 1. The third-order valence-electron chi connectivity index (χ3n) is 2.15. The summed E-state index contributed by atoms with van der Waals surface area (Å²) in [5.41, 5.74) is 0.